The predicted molar refractivity (Wildman–Crippen MR) is 101 cm³/mol. The molecule has 0 radical (unpaired) electrons. The smallest absolute Gasteiger partial charge is 0.412 e. The Hall–Kier alpha value is -3.15. The molecule has 1 aromatic heterocycles. The van der Waals surface area contributed by atoms with Crippen LogP contribution in [0.1, 0.15) is 26.5 Å². The summed E-state index contributed by atoms with van der Waals surface area (Å²) in [5.74, 6) is 0.545. The van der Waals surface area contributed by atoms with Crippen LogP contribution in [-0.4, -0.2) is 26.8 Å². The van der Waals surface area contributed by atoms with Gasteiger partial charge in [0, 0.05) is 22.8 Å². The highest BCUT2D eigenvalue weighted by molar-refractivity contribution is 6.04. The van der Waals surface area contributed by atoms with Crippen LogP contribution in [0.5, 0.6) is 5.75 Å². The number of anilines is 1. The first-order valence-electron chi connectivity index (χ1n) is 8.29. The number of aromatic nitrogens is 2. The average molecular weight is 351 g/mol. The summed E-state index contributed by atoms with van der Waals surface area (Å²) < 4.78 is 5.29. The number of aromatic hydroxyl groups is 1. The van der Waals surface area contributed by atoms with Crippen LogP contribution in [0.15, 0.2) is 42.6 Å². The number of phenolic OH excluding ortho intramolecular Hbond substituents is 1. The van der Waals surface area contributed by atoms with Crippen LogP contribution in [0.2, 0.25) is 0 Å². The first-order chi connectivity index (χ1) is 12.2. The number of hydrogen-bond acceptors (Lipinski definition) is 5. The molecular weight excluding hydrogens is 330 g/mol. The van der Waals surface area contributed by atoms with Crippen molar-refractivity contribution in [3.8, 4) is 17.1 Å². The highest BCUT2D eigenvalue weighted by Crippen LogP contribution is 2.35. The Kier molecular flexibility index (Phi) is 4.50. The molecule has 0 aliphatic heterocycles. The summed E-state index contributed by atoms with van der Waals surface area (Å²) in [6.45, 7) is 7.24. The van der Waals surface area contributed by atoms with Crippen LogP contribution in [0, 0.1) is 6.92 Å². The molecule has 0 unspecified atom stereocenters. The summed E-state index contributed by atoms with van der Waals surface area (Å²) in [4.78, 5) is 20.9. The van der Waals surface area contributed by atoms with E-state index in [2.05, 4.69) is 15.3 Å². The zero-order chi connectivity index (χ0) is 18.9. The summed E-state index contributed by atoms with van der Waals surface area (Å²) in [7, 11) is 0. The average Bonchev–Trinajstić information content (AvgIpc) is 2.55. The van der Waals surface area contributed by atoms with E-state index in [0.717, 1.165) is 16.6 Å². The van der Waals surface area contributed by atoms with E-state index < -0.39 is 11.7 Å². The van der Waals surface area contributed by atoms with Crippen molar-refractivity contribution >= 4 is 22.6 Å². The van der Waals surface area contributed by atoms with Gasteiger partial charge in [-0.2, -0.15) is 0 Å². The number of benzene rings is 2. The summed E-state index contributed by atoms with van der Waals surface area (Å²) in [6, 6.07) is 10.8. The van der Waals surface area contributed by atoms with E-state index in [4.69, 9.17) is 4.74 Å². The standard InChI is InChI=1S/C20H21N3O3/c1-12-9-10-21-18(22-12)14-6-5-13-7-8-16(24)17(15(13)11-14)23-19(25)26-20(2,3)4/h5-11,24H,1-4H3,(H,23,25). The Morgan fingerprint density at radius 1 is 1.15 bits per heavy atom. The first-order valence-corrected chi connectivity index (χ1v) is 8.29. The number of carbonyl (C=O) groups is 1. The van der Waals surface area contributed by atoms with E-state index in [1.807, 2.05) is 31.2 Å². The monoisotopic (exact) mass is 351 g/mol. The van der Waals surface area contributed by atoms with Gasteiger partial charge in [0.15, 0.2) is 5.82 Å². The molecular formula is C20H21N3O3. The van der Waals surface area contributed by atoms with Crippen molar-refractivity contribution in [2.24, 2.45) is 0 Å². The largest absolute Gasteiger partial charge is 0.506 e. The zero-order valence-electron chi connectivity index (χ0n) is 15.2. The molecule has 26 heavy (non-hydrogen) atoms. The Morgan fingerprint density at radius 2 is 1.88 bits per heavy atom. The molecule has 2 N–H and O–H groups in total. The van der Waals surface area contributed by atoms with Crippen LogP contribution in [0.3, 0.4) is 0 Å². The molecule has 3 rings (SSSR count). The van der Waals surface area contributed by atoms with Gasteiger partial charge in [0.2, 0.25) is 0 Å². The minimum atomic E-state index is -0.634. The molecule has 2 aromatic carbocycles. The number of rotatable bonds is 2. The second-order valence-corrected chi connectivity index (χ2v) is 7.04. The Bertz CT molecular complexity index is 978. The molecule has 1 amide bonds. The van der Waals surface area contributed by atoms with Gasteiger partial charge in [-0.3, -0.25) is 5.32 Å². The van der Waals surface area contributed by atoms with Crippen LogP contribution in [-0.2, 0) is 4.74 Å². The Balaban J connectivity index is 2.06. The van der Waals surface area contributed by atoms with Crippen molar-refractivity contribution in [1.82, 2.24) is 9.97 Å². The highest BCUT2D eigenvalue weighted by Gasteiger charge is 2.19. The molecule has 0 spiro atoms. The third kappa shape index (κ3) is 3.91. The second kappa shape index (κ2) is 6.63. The maximum Gasteiger partial charge on any atom is 0.412 e. The van der Waals surface area contributed by atoms with Crippen molar-refractivity contribution in [3.05, 3.63) is 48.3 Å². The quantitative estimate of drug-likeness (QED) is 0.656. The predicted octanol–water partition coefficient (Wildman–Crippen LogP) is 4.66. The number of phenols is 1. The number of aryl methyl sites for hydroxylation is 1. The van der Waals surface area contributed by atoms with E-state index in [1.54, 1.807) is 33.0 Å². The van der Waals surface area contributed by atoms with Crippen molar-refractivity contribution in [2.75, 3.05) is 5.32 Å². The van der Waals surface area contributed by atoms with Gasteiger partial charge in [0.1, 0.15) is 11.4 Å². The molecule has 0 saturated carbocycles. The lowest BCUT2D eigenvalue weighted by Gasteiger charge is -2.20. The third-order valence-electron chi connectivity index (χ3n) is 3.68. The van der Waals surface area contributed by atoms with Crippen molar-refractivity contribution in [3.63, 3.8) is 0 Å². The molecule has 6 heteroatoms. The van der Waals surface area contributed by atoms with Crippen LogP contribution in [0.25, 0.3) is 22.2 Å². The molecule has 0 fully saturated rings. The van der Waals surface area contributed by atoms with Crippen molar-refractivity contribution < 1.29 is 14.6 Å². The molecule has 134 valence electrons. The zero-order valence-corrected chi connectivity index (χ0v) is 15.2. The maximum absolute atomic E-state index is 12.2. The SMILES string of the molecule is Cc1ccnc(-c2ccc3ccc(O)c(NC(=O)OC(C)(C)C)c3c2)n1. The fourth-order valence-electron chi connectivity index (χ4n) is 2.57. The molecule has 1 heterocycles. The van der Waals surface area contributed by atoms with Crippen LogP contribution >= 0.6 is 0 Å². The number of nitrogens with one attached hydrogen (secondary N) is 1. The van der Waals surface area contributed by atoms with Gasteiger partial charge in [0.25, 0.3) is 0 Å². The number of amides is 1. The van der Waals surface area contributed by atoms with Gasteiger partial charge >= 0.3 is 6.09 Å². The summed E-state index contributed by atoms with van der Waals surface area (Å²) >= 11 is 0. The fourth-order valence-corrected chi connectivity index (χ4v) is 2.57. The molecule has 3 aromatic rings. The first kappa shape index (κ1) is 17.7. The lowest BCUT2D eigenvalue weighted by Crippen LogP contribution is -2.27. The van der Waals surface area contributed by atoms with E-state index >= 15 is 0 Å². The van der Waals surface area contributed by atoms with Gasteiger partial charge in [-0.25, -0.2) is 14.8 Å². The number of hydrogen-bond donors (Lipinski definition) is 2. The van der Waals surface area contributed by atoms with Gasteiger partial charge < -0.3 is 9.84 Å². The van der Waals surface area contributed by atoms with E-state index in [9.17, 15) is 9.90 Å². The summed E-state index contributed by atoms with van der Waals surface area (Å²) in [6.07, 6.45) is 1.07. The maximum atomic E-state index is 12.2. The Morgan fingerprint density at radius 3 is 2.58 bits per heavy atom. The minimum absolute atomic E-state index is 0.0364. The molecule has 0 aliphatic carbocycles. The molecule has 0 saturated heterocycles. The lowest BCUT2D eigenvalue weighted by atomic mass is 10.0. The van der Waals surface area contributed by atoms with Gasteiger partial charge in [0.05, 0.1) is 5.69 Å². The summed E-state index contributed by atoms with van der Waals surface area (Å²) in [5.41, 5.74) is 1.31. The number of fused-ring (bicyclic) bond motifs is 1. The lowest BCUT2D eigenvalue weighted by molar-refractivity contribution is 0.0635. The van der Waals surface area contributed by atoms with Crippen LogP contribution in [0.4, 0.5) is 10.5 Å². The van der Waals surface area contributed by atoms with E-state index in [0.29, 0.717) is 16.9 Å². The van der Waals surface area contributed by atoms with Crippen molar-refractivity contribution in [1.29, 1.82) is 0 Å². The number of carbonyl (C=O) groups excluding carboxylic acids is 1. The van der Waals surface area contributed by atoms with Gasteiger partial charge in [-0.15, -0.1) is 0 Å². The van der Waals surface area contributed by atoms with E-state index in [-0.39, 0.29) is 5.75 Å². The molecule has 0 bridgehead atoms. The fraction of sp³-hybridized carbons (Fsp3) is 0.250. The molecule has 0 aliphatic rings. The second-order valence-electron chi connectivity index (χ2n) is 7.04. The third-order valence-corrected chi connectivity index (χ3v) is 3.68. The molecule has 6 nitrogen and oxygen atoms in total. The van der Waals surface area contributed by atoms with Crippen LogP contribution < -0.4 is 5.32 Å². The van der Waals surface area contributed by atoms with Gasteiger partial charge in [-0.1, -0.05) is 18.2 Å². The van der Waals surface area contributed by atoms with Crippen molar-refractivity contribution in [2.45, 2.75) is 33.3 Å². The summed E-state index contributed by atoms with van der Waals surface area (Å²) in [5, 5.41) is 14.5. The van der Waals surface area contributed by atoms with Gasteiger partial charge in [-0.05, 0) is 51.3 Å². The number of ether oxygens (including phenoxy) is 1. The number of nitrogens with zero attached hydrogens (tertiary/aromatic N) is 2. The highest BCUT2D eigenvalue weighted by atomic mass is 16.6. The molecule has 0 atom stereocenters. The Labute approximate surface area is 151 Å². The topological polar surface area (TPSA) is 84.3 Å². The van der Waals surface area contributed by atoms with E-state index in [1.165, 1.54) is 6.07 Å². The normalized spacial score (nSPS) is 11.4. The minimum Gasteiger partial charge on any atom is -0.506 e.